The molecule has 144 valence electrons. The van der Waals surface area contributed by atoms with Crippen LogP contribution in [0.5, 0.6) is 0 Å². The van der Waals surface area contributed by atoms with Crippen LogP contribution in [0.3, 0.4) is 0 Å². The number of aromatic nitrogens is 1. The molecule has 1 aliphatic rings. The second kappa shape index (κ2) is 9.29. The number of carbonyl (C=O) groups excluding carboxylic acids is 2. The molecule has 27 heavy (non-hydrogen) atoms. The van der Waals surface area contributed by atoms with Gasteiger partial charge in [-0.1, -0.05) is 35.5 Å². The fourth-order valence-corrected chi connectivity index (χ4v) is 2.97. The number of nitrogens with zero attached hydrogens (tertiary/aromatic N) is 3. The Hall–Kier alpha value is -2.71. The van der Waals surface area contributed by atoms with Crippen LogP contribution in [0.15, 0.2) is 40.9 Å². The molecule has 0 radical (unpaired) electrons. The van der Waals surface area contributed by atoms with Crippen molar-refractivity contribution in [2.24, 2.45) is 0 Å². The van der Waals surface area contributed by atoms with Gasteiger partial charge in [-0.25, -0.2) is 0 Å². The minimum atomic E-state index is -0.114. The fourth-order valence-electron chi connectivity index (χ4n) is 2.97. The van der Waals surface area contributed by atoms with Crippen LogP contribution in [-0.2, 0) is 16.1 Å². The highest BCUT2D eigenvalue weighted by atomic mass is 16.5. The van der Waals surface area contributed by atoms with Crippen molar-refractivity contribution in [2.45, 2.75) is 13.5 Å². The van der Waals surface area contributed by atoms with Crippen molar-refractivity contribution < 1.29 is 14.1 Å². The summed E-state index contributed by atoms with van der Waals surface area (Å²) in [4.78, 5) is 28.3. The molecule has 2 amide bonds. The van der Waals surface area contributed by atoms with Gasteiger partial charge in [0.25, 0.3) is 0 Å². The first-order valence-electron chi connectivity index (χ1n) is 9.07. The van der Waals surface area contributed by atoms with Crippen molar-refractivity contribution in [2.75, 3.05) is 44.6 Å². The maximum atomic E-state index is 12.1. The highest BCUT2D eigenvalue weighted by Crippen LogP contribution is 2.07. The third-order valence-electron chi connectivity index (χ3n) is 4.43. The van der Waals surface area contributed by atoms with Gasteiger partial charge in [0.05, 0.1) is 13.1 Å². The van der Waals surface area contributed by atoms with E-state index in [-0.39, 0.29) is 11.8 Å². The van der Waals surface area contributed by atoms with Gasteiger partial charge < -0.3 is 15.2 Å². The van der Waals surface area contributed by atoms with E-state index in [9.17, 15) is 9.59 Å². The van der Waals surface area contributed by atoms with E-state index in [0.717, 1.165) is 31.7 Å². The van der Waals surface area contributed by atoms with Gasteiger partial charge in [-0.05, 0) is 12.5 Å². The Morgan fingerprint density at radius 2 is 1.67 bits per heavy atom. The molecule has 0 unspecified atom stereocenters. The fraction of sp³-hybridized carbons (Fsp3) is 0.421. The number of nitrogens with one attached hydrogen (secondary N) is 2. The third-order valence-corrected chi connectivity index (χ3v) is 4.43. The normalized spacial score (nSPS) is 15.4. The zero-order valence-corrected chi connectivity index (χ0v) is 15.5. The summed E-state index contributed by atoms with van der Waals surface area (Å²) in [6, 6.07) is 11.5. The number of hydrogen-bond donors (Lipinski definition) is 2. The van der Waals surface area contributed by atoms with Gasteiger partial charge in [-0.2, -0.15) is 0 Å². The van der Waals surface area contributed by atoms with Gasteiger partial charge in [-0.3, -0.25) is 19.4 Å². The highest BCUT2D eigenvalue weighted by molar-refractivity contribution is 5.91. The van der Waals surface area contributed by atoms with Crippen LogP contribution < -0.4 is 10.6 Å². The maximum absolute atomic E-state index is 12.1. The van der Waals surface area contributed by atoms with E-state index in [1.165, 1.54) is 0 Å². The van der Waals surface area contributed by atoms with Gasteiger partial charge in [-0.15, -0.1) is 0 Å². The number of rotatable bonds is 7. The Morgan fingerprint density at radius 3 is 2.26 bits per heavy atom. The minimum absolute atomic E-state index is 0.0199. The standard InChI is InChI=1S/C19H25N5O3/c1-15-11-17(22-27-15)21-19(26)14-24-9-7-23(8-10-24)13-18(25)20-12-16-5-3-2-4-6-16/h2-6,11H,7-10,12-14H2,1H3,(H,20,25)(H,21,22,26). The van der Waals surface area contributed by atoms with Crippen LogP contribution in [0.2, 0.25) is 0 Å². The molecule has 0 saturated carbocycles. The summed E-state index contributed by atoms with van der Waals surface area (Å²) in [5, 5.41) is 9.42. The number of piperazine rings is 1. The lowest BCUT2D eigenvalue weighted by Crippen LogP contribution is -2.50. The second-order valence-electron chi connectivity index (χ2n) is 6.69. The Kier molecular flexibility index (Phi) is 6.56. The molecule has 0 aliphatic carbocycles. The molecule has 1 aromatic heterocycles. The van der Waals surface area contributed by atoms with E-state index in [0.29, 0.717) is 31.2 Å². The summed E-state index contributed by atoms with van der Waals surface area (Å²) in [7, 11) is 0. The van der Waals surface area contributed by atoms with E-state index in [2.05, 4.69) is 25.6 Å². The molecule has 1 fully saturated rings. The van der Waals surface area contributed by atoms with Crippen molar-refractivity contribution >= 4 is 17.6 Å². The molecule has 1 aromatic carbocycles. The van der Waals surface area contributed by atoms with Gasteiger partial charge in [0.15, 0.2) is 5.82 Å². The average molecular weight is 371 g/mol. The second-order valence-corrected chi connectivity index (χ2v) is 6.69. The van der Waals surface area contributed by atoms with Crippen LogP contribution in [0, 0.1) is 6.92 Å². The van der Waals surface area contributed by atoms with Crippen LogP contribution in [0.25, 0.3) is 0 Å². The third kappa shape index (κ3) is 6.19. The Labute approximate surface area is 158 Å². The first-order valence-corrected chi connectivity index (χ1v) is 9.07. The quantitative estimate of drug-likeness (QED) is 0.750. The van der Waals surface area contributed by atoms with E-state index in [1.54, 1.807) is 13.0 Å². The van der Waals surface area contributed by atoms with Crippen LogP contribution in [-0.4, -0.2) is 66.0 Å². The van der Waals surface area contributed by atoms with Gasteiger partial charge in [0.1, 0.15) is 5.76 Å². The predicted octanol–water partition coefficient (Wildman–Crippen LogP) is 0.856. The summed E-state index contributed by atoms with van der Waals surface area (Å²) < 4.78 is 4.93. The molecule has 2 N–H and O–H groups in total. The van der Waals surface area contributed by atoms with Crippen molar-refractivity contribution in [1.82, 2.24) is 20.3 Å². The first kappa shape index (κ1) is 19.1. The SMILES string of the molecule is Cc1cc(NC(=O)CN2CCN(CC(=O)NCc3ccccc3)CC2)no1. The van der Waals surface area contributed by atoms with E-state index in [1.807, 2.05) is 30.3 Å². The number of hydrogen-bond acceptors (Lipinski definition) is 6. The molecule has 1 saturated heterocycles. The molecule has 0 atom stereocenters. The van der Waals surface area contributed by atoms with Gasteiger partial charge in [0.2, 0.25) is 11.8 Å². The van der Waals surface area contributed by atoms with Crippen LogP contribution in [0.4, 0.5) is 5.82 Å². The molecule has 0 bridgehead atoms. The average Bonchev–Trinajstić information content (AvgIpc) is 3.07. The van der Waals surface area contributed by atoms with Crippen molar-refractivity contribution in [3.8, 4) is 0 Å². The first-order chi connectivity index (χ1) is 13.1. The lowest BCUT2D eigenvalue weighted by Gasteiger charge is -2.33. The summed E-state index contributed by atoms with van der Waals surface area (Å²) in [6.07, 6.45) is 0. The molecule has 2 aromatic rings. The molecular weight excluding hydrogens is 346 g/mol. The van der Waals surface area contributed by atoms with Crippen LogP contribution >= 0.6 is 0 Å². The lowest BCUT2D eigenvalue weighted by atomic mass is 10.2. The summed E-state index contributed by atoms with van der Waals surface area (Å²) in [5.41, 5.74) is 1.09. The van der Waals surface area contributed by atoms with E-state index < -0.39 is 0 Å². The smallest absolute Gasteiger partial charge is 0.239 e. The number of benzene rings is 1. The lowest BCUT2D eigenvalue weighted by molar-refractivity contribution is -0.123. The largest absolute Gasteiger partial charge is 0.360 e. The van der Waals surface area contributed by atoms with Crippen molar-refractivity contribution in [3.63, 3.8) is 0 Å². The zero-order valence-electron chi connectivity index (χ0n) is 15.5. The number of amides is 2. The summed E-state index contributed by atoms with van der Waals surface area (Å²) in [6.45, 7) is 6.02. The summed E-state index contributed by atoms with van der Waals surface area (Å²) in [5.74, 6) is 1.000. The molecule has 8 heteroatoms. The highest BCUT2D eigenvalue weighted by Gasteiger charge is 2.20. The van der Waals surface area contributed by atoms with E-state index >= 15 is 0 Å². The number of aryl methyl sites for hydroxylation is 1. The molecular formula is C19H25N5O3. The number of anilines is 1. The van der Waals surface area contributed by atoms with Gasteiger partial charge >= 0.3 is 0 Å². The van der Waals surface area contributed by atoms with Crippen molar-refractivity contribution in [1.29, 1.82) is 0 Å². The molecule has 0 spiro atoms. The maximum Gasteiger partial charge on any atom is 0.239 e. The van der Waals surface area contributed by atoms with Gasteiger partial charge in [0, 0.05) is 38.8 Å². The molecule has 2 heterocycles. The summed E-state index contributed by atoms with van der Waals surface area (Å²) >= 11 is 0. The molecule has 3 rings (SSSR count). The topological polar surface area (TPSA) is 90.7 Å². The zero-order chi connectivity index (χ0) is 19.1. The Bertz CT molecular complexity index is 754. The minimum Gasteiger partial charge on any atom is -0.360 e. The van der Waals surface area contributed by atoms with E-state index in [4.69, 9.17) is 4.52 Å². The molecule has 8 nitrogen and oxygen atoms in total. The Balaban J connectivity index is 1.33. The number of carbonyl (C=O) groups is 2. The Morgan fingerprint density at radius 1 is 1.04 bits per heavy atom. The monoisotopic (exact) mass is 371 g/mol. The molecule has 1 aliphatic heterocycles. The van der Waals surface area contributed by atoms with Crippen molar-refractivity contribution in [3.05, 3.63) is 47.7 Å². The predicted molar refractivity (Wildman–Crippen MR) is 101 cm³/mol. The van der Waals surface area contributed by atoms with Crippen LogP contribution in [0.1, 0.15) is 11.3 Å².